The predicted molar refractivity (Wildman–Crippen MR) is 141 cm³/mol. The summed E-state index contributed by atoms with van der Waals surface area (Å²) in [6.45, 7) is 4.34. The fraction of sp³-hybridized carbons (Fsp3) is 0.625. The zero-order valence-corrected chi connectivity index (χ0v) is 21.1. The van der Waals surface area contributed by atoms with Gasteiger partial charge in [0, 0.05) is 5.39 Å². The van der Waals surface area contributed by atoms with E-state index in [0.717, 1.165) is 46.9 Å². The predicted octanol–water partition coefficient (Wildman–Crippen LogP) is 10.1. The summed E-state index contributed by atoms with van der Waals surface area (Å²) in [5.41, 5.74) is 2.48. The van der Waals surface area contributed by atoms with E-state index in [0.29, 0.717) is 5.92 Å². The largest absolute Gasteiger partial charge is 0.206 e. The quantitative estimate of drug-likeness (QED) is 0.250. The maximum Gasteiger partial charge on any atom is 0.131 e. The van der Waals surface area contributed by atoms with Gasteiger partial charge in [0.15, 0.2) is 0 Å². The summed E-state index contributed by atoms with van der Waals surface area (Å²) in [6, 6.07) is 10.6. The standard InChI is InChI=1S/C32H45F/c1-3-5-7-8-10-11-24-13-14-27-22-28(16-15-26(27)19-24)29-17-18-30-20-25(12-9-6-4-2)21-32(33)31(30)23-29/h4,6,17-18,20-21,23-24,26-28H,3,5,7-16,19,22H2,1-2H3. The summed E-state index contributed by atoms with van der Waals surface area (Å²) < 4.78 is 15.0. The van der Waals surface area contributed by atoms with Gasteiger partial charge in [0.25, 0.3) is 0 Å². The van der Waals surface area contributed by atoms with Crippen molar-refractivity contribution >= 4 is 10.8 Å². The number of aryl methyl sites for hydroxylation is 1. The number of halogens is 1. The lowest BCUT2D eigenvalue weighted by molar-refractivity contribution is 0.113. The van der Waals surface area contributed by atoms with E-state index >= 15 is 0 Å². The normalized spacial score (nSPS) is 25.5. The van der Waals surface area contributed by atoms with Crippen LogP contribution in [0.4, 0.5) is 4.39 Å². The van der Waals surface area contributed by atoms with Crippen LogP contribution in [0.15, 0.2) is 42.5 Å². The fourth-order valence-corrected chi connectivity index (χ4v) is 6.79. The maximum absolute atomic E-state index is 15.0. The van der Waals surface area contributed by atoms with Crippen molar-refractivity contribution in [2.75, 3.05) is 0 Å². The molecule has 1 heteroatoms. The first kappa shape index (κ1) is 24.5. The van der Waals surface area contributed by atoms with Crippen LogP contribution >= 0.6 is 0 Å². The Balaban J connectivity index is 1.34. The van der Waals surface area contributed by atoms with Crippen LogP contribution in [0.3, 0.4) is 0 Å². The molecule has 2 aromatic carbocycles. The van der Waals surface area contributed by atoms with Crippen LogP contribution in [-0.4, -0.2) is 0 Å². The Morgan fingerprint density at radius 2 is 1.73 bits per heavy atom. The van der Waals surface area contributed by atoms with Crippen LogP contribution in [0.5, 0.6) is 0 Å². The molecule has 0 radical (unpaired) electrons. The van der Waals surface area contributed by atoms with Crippen LogP contribution in [-0.2, 0) is 6.42 Å². The first-order valence-corrected chi connectivity index (χ1v) is 14.0. The van der Waals surface area contributed by atoms with Gasteiger partial charge in [0.1, 0.15) is 5.82 Å². The molecule has 2 fully saturated rings. The molecule has 0 aliphatic heterocycles. The van der Waals surface area contributed by atoms with Crippen molar-refractivity contribution in [3.63, 3.8) is 0 Å². The van der Waals surface area contributed by atoms with Crippen molar-refractivity contribution in [2.45, 2.75) is 110 Å². The van der Waals surface area contributed by atoms with Crippen LogP contribution in [0.1, 0.15) is 114 Å². The van der Waals surface area contributed by atoms with E-state index < -0.39 is 0 Å². The Labute approximate surface area is 202 Å². The van der Waals surface area contributed by atoms with Gasteiger partial charge < -0.3 is 0 Å². The smallest absolute Gasteiger partial charge is 0.131 e. The Kier molecular flexibility index (Phi) is 9.04. The van der Waals surface area contributed by atoms with Gasteiger partial charge in [-0.1, -0.05) is 82.2 Å². The number of allylic oxidation sites excluding steroid dienone is 2. The van der Waals surface area contributed by atoms with Gasteiger partial charge in [0.2, 0.25) is 0 Å². The molecule has 180 valence electrons. The Morgan fingerprint density at radius 3 is 2.58 bits per heavy atom. The van der Waals surface area contributed by atoms with Crippen LogP contribution in [0.25, 0.3) is 10.8 Å². The van der Waals surface area contributed by atoms with Crippen molar-refractivity contribution in [1.82, 2.24) is 0 Å². The third-order valence-electron chi connectivity index (χ3n) is 8.73. The highest BCUT2D eigenvalue weighted by Crippen LogP contribution is 2.48. The van der Waals surface area contributed by atoms with Gasteiger partial charge in [-0.15, -0.1) is 0 Å². The second-order valence-electron chi connectivity index (χ2n) is 11.1. The summed E-state index contributed by atoms with van der Waals surface area (Å²) in [7, 11) is 0. The van der Waals surface area contributed by atoms with E-state index in [9.17, 15) is 4.39 Å². The summed E-state index contributed by atoms with van der Waals surface area (Å²) in [5.74, 6) is 3.41. The SMILES string of the molecule is CC=CCCc1cc(F)c2cc(C3CCC4CC(CCCCCCC)CCC4C3)ccc2c1. The molecule has 0 nitrogen and oxygen atoms in total. The molecule has 4 rings (SSSR count). The number of hydrogen-bond acceptors (Lipinski definition) is 0. The van der Waals surface area contributed by atoms with E-state index in [1.165, 1.54) is 82.6 Å². The van der Waals surface area contributed by atoms with E-state index in [-0.39, 0.29) is 5.82 Å². The van der Waals surface area contributed by atoms with Crippen molar-refractivity contribution < 1.29 is 4.39 Å². The number of rotatable bonds is 10. The minimum absolute atomic E-state index is 0.0436. The van der Waals surface area contributed by atoms with Gasteiger partial charge in [-0.25, -0.2) is 4.39 Å². The molecule has 0 saturated heterocycles. The van der Waals surface area contributed by atoms with E-state index in [4.69, 9.17) is 0 Å². The summed E-state index contributed by atoms with van der Waals surface area (Å²) in [4.78, 5) is 0. The molecule has 0 spiro atoms. The van der Waals surface area contributed by atoms with Gasteiger partial charge in [-0.05, 0) is 104 Å². The average Bonchev–Trinajstić information content (AvgIpc) is 2.83. The second-order valence-corrected chi connectivity index (χ2v) is 11.1. The molecule has 4 unspecified atom stereocenters. The lowest BCUT2D eigenvalue weighted by Gasteiger charge is -2.42. The molecular formula is C32H45F. The molecule has 0 N–H and O–H groups in total. The summed E-state index contributed by atoms with van der Waals surface area (Å²) in [5, 5.41) is 1.87. The van der Waals surface area contributed by atoms with Gasteiger partial charge in [-0.3, -0.25) is 0 Å². The molecule has 0 aromatic heterocycles. The maximum atomic E-state index is 15.0. The first-order valence-electron chi connectivity index (χ1n) is 14.0. The van der Waals surface area contributed by atoms with Gasteiger partial charge in [0.05, 0.1) is 0 Å². The fourth-order valence-electron chi connectivity index (χ4n) is 6.79. The molecule has 2 aliphatic carbocycles. The lowest BCUT2D eigenvalue weighted by Crippen LogP contribution is -2.30. The highest BCUT2D eigenvalue weighted by Gasteiger charge is 2.35. The molecule has 33 heavy (non-hydrogen) atoms. The monoisotopic (exact) mass is 448 g/mol. The molecule has 0 amide bonds. The molecule has 0 bridgehead atoms. The zero-order chi connectivity index (χ0) is 23.0. The lowest BCUT2D eigenvalue weighted by atomic mass is 9.63. The van der Waals surface area contributed by atoms with Crippen LogP contribution in [0, 0.1) is 23.6 Å². The first-order chi connectivity index (χ1) is 16.2. The number of fused-ring (bicyclic) bond motifs is 2. The molecule has 4 atom stereocenters. The van der Waals surface area contributed by atoms with E-state index in [1.807, 2.05) is 6.92 Å². The molecule has 0 heterocycles. The average molecular weight is 449 g/mol. The van der Waals surface area contributed by atoms with Crippen molar-refractivity contribution in [3.05, 3.63) is 59.4 Å². The van der Waals surface area contributed by atoms with Crippen molar-refractivity contribution in [2.24, 2.45) is 17.8 Å². The number of hydrogen-bond donors (Lipinski definition) is 0. The van der Waals surface area contributed by atoms with Gasteiger partial charge >= 0.3 is 0 Å². The third kappa shape index (κ3) is 6.49. The Bertz CT molecular complexity index is 910. The van der Waals surface area contributed by atoms with Gasteiger partial charge in [-0.2, -0.15) is 0 Å². The third-order valence-corrected chi connectivity index (χ3v) is 8.73. The summed E-state index contributed by atoms with van der Waals surface area (Å²) in [6.07, 6.45) is 23.0. The zero-order valence-electron chi connectivity index (χ0n) is 21.1. The molecule has 2 saturated carbocycles. The Morgan fingerprint density at radius 1 is 0.909 bits per heavy atom. The van der Waals surface area contributed by atoms with Crippen molar-refractivity contribution in [3.8, 4) is 0 Å². The topological polar surface area (TPSA) is 0 Å². The number of benzene rings is 2. The molecule has 2 aromatic rings. The highest BCUT2D eigenvalue weighted by molar-refractivity contribution is 5.84. The Hall–Kier alpha value is -1.63. The summed E-state index contributed by atoms with van der Waals surface area (Å²) >= 11 is 0. The number of unbranched alkanes of at least 4 members (excludes halogenated alkanes) is 4. The van der Waals surface area contributed by atoms with Crippen molar-refractivity contribution in [1.29, 1.82) is 0 Å². The minimum atomic E-state index is -0.0436. The highest BCUT2D eigenvalue weighted by atomic mass is 19.1. The van der Waals surface area contributed by atoms with Crippen LogP contribution in [0.2, 0.25) is 0 Å². The van der Waals surface area contributed by atoms with E-state index in [1.54, 1.807) is 6.07 Å². The second kappa shape index (κ2) is 12.2. The minimum Gasteiger partial charge on any atom is -0.206 e. The van der Waals surface area contributed by atoms with E-state index in [2.05, 4.69) is 43.3 Å². The molecular weight excluding hydrogens is 403 g/mol. The molecule has 2 aliphatic rings. The van der Waals surface area contributed by atoms with Crippen LogP contribution < -0.4 is 0 Å².